The molecule has 6 nitrogen and oxygen atoms in total. The number of nitrogens with zero attached hydrogens (tertiary/aromatic N) is 4. The number of aliphatic hydroxyl groups excluding tert-OH is 1. The fourth-order valence-corrected chi connectivity index (χ4v) is 2.20. The van der Waals surface area contributed by atoms with E-state index in [4.69, 9.17) is 10.8 Å². The first-order chi connectivity index (χ1) is 7.79. The van der Waals surface area contributed by atoms with Crippen LogP contribution in [-0.2, 0) is 0 Å². The predicted octanol–water partition coefficient (Wildman–Crippen LogP) is 0.138. The zero-order chi connectivity index (χ0) is 11.4. The van der Waals surface area contributed by atoms with Crippen molar-refractivity contribution in [3.05, 3.63) is 0 Å². The lowest BCUT2D eigenvalue weighted by molar-refractivity contribution is 0.322. The Bertz CT molecular complexity index is 356. The zero-order valence-electron chi connectivity index (χ0n) is 8.96. The standard InChI is InChI=1S/C9H15N5OS/c10-7-11-8(14-3-1-2-4-14)13-9(12-7)16-6-5-15/h15H,1-6H2,(H2,10,11,12,13). The highest BCUT2D eigenvalue weighted by Gasteiger charge is 2.16. The SMILES string of the molecule is Nc1nc(SCCO)nc(N2CCCC2)n1. The van der Waals surface area contributed by atoms with Crippen LogP contribution in [0, 0.1) is 0 Å². The summed E-state index contributed by atoms with van der Waals surface area (Å²) in [6.07, 6.45) is 2.34. The van der Waals surface area contributed by atoms with Crippen LogP contribution in [0.3, 0.4) is 0 Å². The average Bonchev–Trinajstić information content (AvgIpc) is 2.79. The van der Waals surface area contributed by atoms with E-state index < -0.39 is 0 Å². The highest BCUT2D eigenvalue weighted by atomic mass is 32.2. The van der Waals surface area contributed by atoms with Gasteiger partial charge in [-0.05, 0) is 12.8 Å². The van der Waals surface area contributed by atoms with Crippen molar-refractivity contribution in [1.29, 1.82) is 0 Å². The molecule has 1 saturated heterocycles. The average molecular weight is 241 g/mol. The molecule has 0 atom stereocenters. The van der Waals surface area contributed by atoms with Crippen LogP contribution in [-0.4, -0.2) is 45.5 Å². The van der Waals surface area contributed by atoms with Crippen molar-refractivity contribution in [2.75, 3.05) is 36.1 Å². The van der Waals surface area contributed by atoms with Crippen LogP contribution in [0.4, 0.5) is 11.9 Å². The summed E-state index contributed by atoms with van der Waals surface area (Å²) in [5, 5.41) is 9.33. The summed E-state index contributed by atoms with van der Waals surface area (Å²) in [4.78, 5) is 14.6. The molecule has 0 aromatic carbocycles. The zero-order valence-corrected chi connectivity index (χ0v) is 9.78. The summed E-state index contributed by atoms with van der Waals surface area (Å²) >= 11 is 1.39. The first kappa shape index (κ1) is 11.4. The Balaban J connectivity index is 2.14. The molecule has 16 heavy (non-hydrogen) atoms. The summed E-state index contributed by atoms with van der Waals surface area (Å²) < 4.78 is 0. The quantitative estimate of drug-likeness (QED) is 0.725. The number of nitrogen functional groups attached to an aromatic ring is 1. The van der Waals surface area contributed by atoms with Crippen LogP contribution in [0.15, 0.2) is 5.16 Å². The fourth-order valence-electron chi connectivity index (χ4n) is 1.62. The largest absolute Gasteiger partial charge is 0.396 e. The first-order valence-electron chi connectivity index (χ1n) is 5.30. The number of aliphatic hydroxyl groups is 1. The van der Waals surface area contributed by atoms with Crippen molar-refractivity contribution < 1.29 is 5.11 Å². The van der Waals surface area contributed by atoms with E-state index >= 15 is 0 Å². The normalized spacial score (nSPS) is 15.7. The minimum atomic E-state index is 0.106. The number of nitrogens with two attached hydrogens (primary N) is 1. The van der Waals surface area contributed by atoms with Gasteiger partial charge in [0, 0.05) is 18.8 Å². The number of hydrogen-bond donors (Lipinski definition) is 2. The van der Waals surface area contributed by atoms with E-state index in [0.717, 1.165) is 13.1 Å². The second-order valence-electron chi connectivity index (χ2n) is 3.54. The number of rotatable bonds is 4. The second-order valence-corrected chi connectivity index (χ2v) is 4.60. The molecule has 0 aliphatic carbocycles. The third kappa shape index (κ3) is 2.73. The Kier molecular flexibility index (Phi) is 3.79. The summed E-state index contributed by atoms with van der Waals surface area (Å²) in [7, 11) is 0. The smallest absolute Gasteiger partial charge is 0.231 e. The van der Waals surface area contributed by atoms with Gasteiger partial charge in [0.15, 0.2) is 5.16 Å². The molecule has 3 N–H and O–H groups in total. The van der Waals surface area contributed by atoms with Gasteiger partial charge in [-0.25, -0.2) is 0 Å². The molecule has 1 aliphatic rings. The van der Waals surface area contributed by atoms with Gasteiger partial charge in [0.2, 0.25) is 11.9 Å². The van der Waals surface area contributed by atoms with Crippen LogP contribution in [0.5, 0.6) is 0 Å². The van der Waals surface area contributed by atoms with Gasteiger partial charge in [-0.15, -0.1) is 0 Å². The van der Waals surface area contributed by atoms with Gasteiger partial charge in [0.05, 0.1) is 6.61 Å². The Morgan fingerprint density at radius 1 is 1.25 bits per heavy atom. The Hall–Kier alpha value is -1.08. The molecule has 0 amide bonds. The predicted molar refractivity (Wildman–Crippen MR) is 63.5 cm³/mol. The van der Waals surface area contributed by atoms with E-state index in [1.54, 1.807) is 0 Å². The maximum absolute atomic E-state index is 8.74. The van der Waals surface area contributed by atoms with E-state index in [9.17, 15) is 0 Å². The van der Waals surface area contributed by atoms with E-state index in [-0.39, 0.29) is 12.6 Å². The molecule has 0 spiro atoms. The van der Waals surface area contributed by atoms with Crippen molar-refractivity contribution in [2.24, 2.45) is 0 Å². The van der Waals surface area contributed by atoms with E-state index in [1.165, 1.54) is 24.6 Å². The van der Waals surface area contributed by atoms with Crippen LogP contribution in [0.1, 0.15) is 12.8 Å². The van der Waals surface area contributed by atoms with Crippen molar-refractivity contribution >= 4 is 23.7 Å². The molecule has 1 fully saturated rings. The van der Waals surface area contributed by atoms with Gasteiger partial charge in [0.1, 0.15) is 0 Å². The van der Waals surface area contributed by atoms with E-state index in [1.807, 2.05) is 0 Å². The summed E-state index contributed by atoms with van der Waals surface area (Å²) in [6.45, 7) is 2.07. The summed E-state index contributed by atoms with van der Waals surface area (Å²) in [6, 6.07) is 0. The molecular formula is C9H15N5OS. The van der Waals surface area contributed by atoms with Crippen molar-refractivity contribution in [1.82, 2.24) is 15.0 Å². The molecule has 0 unspecified atom stereocenters. The molecule has 0 radical (unpaired) electrons. The van der Waals surface area contributed by atoms with Gasteiger partial charge in [-0.1, -0.05) is 11.8 Å². The van der Waals surface area contributed by atoms with Gasteiger partial charge >= 0.3 is 0 Å². The van der Waals surface area contributed by atoms with Gasteiger partial charge in [-0.2, -0.15) is 15.0 Å². The Morgan fingerprint density at radius 3 is 2.69 bits per heavy atom. The number of hydrogen-bond acceptors (Lipinski definition) is 7. The third-order valence-corrected chi connectivity index (χ3v) is 3.16. The fraction of sp³-hybridized carbons (Fsp3) is 0.667. The maximum Gasteiger partial charge on any atom is 0.231 e. The van der Waals surface area contributed by atoms with Crippen LogP contribution in [0.25, 0.3) is 0 Å². The number of aromatic nitrogens is 3. The molecule has 1 aromatic rings. The maximum atomic E-state index is 8.74. The van der Waals surface area contributed by atoms with Crippen molar-refractivity contribution in [2.45, 2.75) is 18.0 Å². The van der Waals surface area contributed by atoms with Crippen molar-refractivity contribution in [3.63, 3.8) is 0 Å². The van der Waals surface area contributed by atoms with Crippen LogP contribution < -0.4 is 10.6 Å². The molecule has 0 bridgehead atoms. The lowest BCUT2D eigenvalue weighted by Gasteiger charge is -2.15. The molecule has 1 aromatic heterocycles. The first-order valence-corrected chi connectivity index (χ1v) is 6.28. The van der Waals surface area contributed by atoms with Gasteiger partial charge in [0.25, 0.3) is 0 Å². The molecule has 7 heteroatoms. The Labute approximate surface area is 98.3 Å². The minimum Gasteiger partial charge on any atom is -0.396 e. The van der Waals surface area contributed by atoms with Gasteiger partial charge < -0.3 is 15.7 Å². The highest BCUT2D eigenvalue weighted by molar-refractivity contribution is 7.99. The second kappa shape index (κ2) is 5.31. The molecule has 2 heterocycles. The molecular weight excluding hydrogens is 226 g/mol. The molecule has 88 valence electrons. The Morgan fingerprint density at radius 2 is 2.00 bits per heavy atom. The van der Waals surface area contributed by atoms with Crippen molar-refractivity contribution in [3.8, 4) is 0 Å². The van der Waals surface area contributed by atoms with Crippen LogP contribution in [0.2, 0.25) is 0 Å². The molecule has 1 aliphatic heterocycles. The summed E-state index contributed by atoms with van der Waals surface area (Å²) in [5.74, 6) is 1.48. The van der Waals surface area contributed by atoms with E-state index in [2.05, 4.69) is 19.9 Å². The topological polar surface area (TPSA) is 88.2 Å². The number of anilines is 2. The monoisotopic (exact) mass is 241 g/mol. The molecule has 0 saturated carbocycles. The third-order valence-electron chi connectivity index (χ3n) is 2.33. The van der Waals surface area contributed by atoms with E-state index in [0.29, 0.717) is 16.9 Å². The minimum absolute atomic E-state index is 0.106. The lowest BCUT2D eigenvalue weighted by Crippen LogP contribution is -2.21. The summed E-state index contributed by atoms with van der Waals surface area (Å²) in [5.41, 5.74) is 5.63. The van der Waals surface area contributed by atoms with Gasteiger partial charge in [-0.3, -0.25) is 0 Å². The number of thioether (sulfide) groups is 1. The lowest BCUT2D eigenvalue weighted by atomic mass is 10.4. The van der Waals surface area contributed by atoms with Crippen LogP contribution >= 0.6 is 11.8 Å². The highest BCUT2D eigenvalue weighted by Crippen LogP contribution is 2.20. The molecule has 2 rings (SSSR count).